The first-order valence-corrected chi connectivity index (χ1v) is 5.20. The third kappa shape index (κ3) is 1.32. The first-order chi connectivity index (χ1) is 6.92. The van der Waals surface area contributed by atoms with Crippen molar-refractivity contribution in [2.24, 2.45) is 0 Å². The fraction of sp³-hybridized carbons (Fsp3) is 0.333. The van der Waals surface area contributed by atoms with Crippen LogP contribution in [0.3, 0.4) is 0 Å². The molecule has 0 atom stereocenters. The molecule has 1 aromatic heterocycles. The maximum atomic E-state index is 3.21. The monoisotopic (exact) mass is 186 g/mol. The van der Waals surface area contributed by atoms with Crippen molar-refractivity contribution in [2.45, 2.75) is 13.0 Å². The first-order valence-electron chi connectivity index (χ1n) is 5.20. The van der Waals surface area contributed by atoms with Crippen LogP contribution in [0.1, 0.15) is 12.0 Å². The van der Waals surface area contributed by atoms with Crippen LogP contribution in [0.4, 0.5) is 0 Å². The zero-order chi connectivity index (χ0) is 9.38. The van der Waals surface area contributed by atoms with Crippen LogP contribution in [0, 0.1) is 0 Å². The summed E-state index contributed by atoms with van der Waals surface area (Å²) in [5, 5.41) is 1.32. The predicted molar refractivity (Wildman–Crippen MR) is 58.2 cm³/mol. The van der Waals surface area contributed by atoms with Crippen LogP contribution in [-0.2, 0) is 6.54 Å². The molecule has 1 saturated heterocycles. The summed E-state index contributed by atoms with van der Waals surface area (Å²) >= 11 is 0. The third-order valence-electron chi connectivity index (χ3n) is 2.97. The van der Waals surface area contributed by atoms with Crippen molar-refractivity contribution in [3.05, 3.63) is 36.0 Å². The summed E-state index contributed by atoms with van der Waals surface area (Å²) in [5.41, 5.74) is 2.66. The van der Waals surface area contributed by atoms with E-state index in [9.17, 15) is 0 Å². The Hall–Kier alpha value is -1.28. The highest BCUT2D eigenvalue weighted by atomic mass is 15.2. The lowest BCUT2D eigenvalue weighted by molar-refractivity contribution is 0.172. The molecule has 3 rings (SSSR count). The molecule has 72 valence electrons. The van der Waals surface area contributed by atoms with E-state index in [2.05, 4.69) is 34.1 Å². The van der Waals surface area contributed by atoms with Gasteiger partial charge in [-0.1, -0.05) is 6.07 Å². The van der Waals surface area contributed by atoms with Gasteiger partial charge in [0.25, 0.3) is 0 Å². The lowest BCUT2D eigenvalue weighted by Gasteiger charge is -2.30. The molecular weight excluding hydrogens is 172 g/mol. The number of nitrogens with zero attached hydrogens (tertiary/aromatic N) is 1. The molecule has 0 radical (unpaired) electrons. The zero-order valence-corrected chi connectivity index (χ0v) is 8.16. The lowest BCUT2D eigenvalue weighted by atomic mass is 10.1. The largest absolute Gasteiger partial charge is 0.361 e. The second kappa shape index (κ2) is 3.14. The van der Waals surface area contributed by atoms with E-state index >= 15 is 0 Å². The highest BCUT2D eigenvalue weighted by Gasteiger charge is 2.13. The molecular formula is C12H14N2. The van der Waals surface area contributed by atoms with Crippen LogP contribution >= 0.6 is 0 Å². The van der Waals surface area contributed by atoms with Gasteiger partial charge in [-0.2, -0.15) is 0 Å². The maximum absolute atomic E-state index is 3.21. The topological polar surface area (TPSA) is 19.0 Å². The summed E-state index contributed by atoms with van der Waals surface area (Å²) in [4.78, 5) is 5.69. The summed E-state index contributed by atoms with van der Waals surface area (Å²) in [5.74, 6) is 0. The molecule has 1 N–H and O–H groups in total. The summed E-state index contributed by atoms with van der Waals surface area (Å²) in [6, 6.07) is 8.81. The highest BCUT2D eigenvalue weighted by Crippen LogP contribution is 2.17. The highest BCUT2D eigenvalue weighted by molar-refractivity contribution is 5.79. The Balaban J connectivity index is 1.88. The molecule has 2 heteroatoms. The van der Waals surface area contributed by atoms with Crippen LogP contribution in [0.5, 0.6) is 0 Å². The number of H-pyrrole nitrogens is 1. The van der Waals surface area contributed by atoms with Crippen molar-refractivity contribution in [3.63, 3.8) is 0 Å². The van der Waals surface area contributed by atoms with E-state index < -0.39 is 0 Å². The van der Waals surface area contributed by atoms with Gasteiger partial charge in [0.2, 0.25) is 0 Å². The smallest absolute Gasteiger partial charge is 0.0454 e. The van der Waals surface area contributed by atoms with Gasteiger partial charge in [0, 0.05) is 18.3 Å². The van der Waals surface area contributed by atoms with Crippen molar-refractivity contribution in [1.82, 2.24) is 9.88 Å². The normalized spacial score (nSPS) is 17.1. The summed E-state index contributed by atoms with van der Waals surface area (Å²) in [6.45, 7) is 3.65. The van der Waals surface area contributed by atoms with Gasteiger partial charge < -0.3 is 4.98 Å². The fourth-order valence-electron chi connectivity index (χ4n) is 2.00. The van der Waals surface area contributed by atoms with Crippen LogP contribution < -0.4 is 0 Å². The average Bonchev–Trinajstić information content (AvgIpc) is 2.58. The number of likely N-dealkylation sites (tertiary alicyclic amines) is 1. The maximum Gasteiger partial charge on any atom is 0.0454 e. The molecule has 0 bridgehead atoms. The molecule has 2 aromatic rings. The van der Waals surface area contributed by atoms with E-state index in [0.29, 0.717) is 0 Å². The number of hydrogen-bond donors (Lipinski definition) is 1. The Morgan fingerprint density at radius 3 is 2.93 bits per heavy atom. The minimum absolute atomic E-state index is 1.11. The van der Waals surface area contributed by atoms with Crippen molar-refractivity contribution >= 4 is 10.9 Å². The van der Waals surface area contributed by atoms with E-state index in [-0.39, 0.29) is 0 Å². The van der Waals surface area contributed by atoms with Crippen molar-refractivity contribution in [3.8, 4) is 0 Å². The number of aromatic amines is 1. The Kier molecular flexibility index (Phi) is 1.81. The van der Waals surface area contributed by atoms with Gasteiger partial charge in [0.1, 0.15) is 0 Å². The predicted octanol–water partition coefficient (Wildman–Crippen LogP) is 2.37. The second-order valence-corrected chi connectivity index (χ2v) is 4.03. The number of fused-ring (bicyclic) bond motifs is 1. The van der Waals surface area contributed by atoms with Crippen LogP contribution in [0.25, 0.3) is 10.9 Å². The summed E-state index contributed by atoms with van der Waals surface area (Å²) in [6.07, 6.45) is 3.37. The number of hydrogen-bond acceptors (Lipinski definition) is 1. The average molecular weight is 186 g/mol. The number of nitrogens with one attached hydrogen (secondary N) is 1. The lowest BCUT2D eigenvalue weighted by Crippen LogP contribution is -2.36. The van der Waals surface area contributed by atoms with Gasteiger partial charge >= 0.3 is 0 Å². The molecule has 0 saturated carbocycles. The Morgan fingerprint density at radius 1 is 1.21 bits per heavy atom. The molecule has 2 heterocycles. The van der Waals surface area contributed by atoms with Gasteiger partial charge in [-0.3, -0.25) is 4.90 Å². The van der Waals surface area contributed by atoms with E-state index in [1.165, 1.54) is 36.0 Å². The minimum atomic E-state index is 1.11. The van der Waals surface area contributed by atoms with Gasteiger partial charge in [-0.15, -0.1) is 0 Å². The number of rotatable bonds is 2. The minimum Gasteiger partial charge on any atom is -0.361 e. The molecule has 1 aromatic carbocycles. The Bertz CT molecular complexity index is 440. The summed E-state index contributed by atoms with van der Waals surface area (Å²) < 4.78 is 0. The zero-order valence-electron chi connectivity index (χ0n) is 8.16. The second-order valence-electron chi connectivity index (χ2n) is 4.03. The van der Waals surface area contributed by atoms with E-state index in [4.69, 9.17) is 0 Å². The van der Waals surface area contributed by atoms with Gasteiger partial charge in [-0.25, -0.2) is 0 Å². The molecule has 2 nitrogen and oxygen atoms in total. The molecule has 1 fully saturated rings. The molecule has 14 heavy (non-hydrogen) atoms. The quantitative estimate of drug-likeness (QED) is 0.763. The van der Waals surface area contributed by atoms with E-state index in [0.717, 1.165) is 6.54 Å². The molecule has 1 aliphatic rings. The third-order valence-corrected chi connectivity index (χ3v) is 2.97. The molecule has 0 amide bonds. The molecule has 0 unspecified atom stereocenters. The summed E-state index contributed by atoms with van der Waals surface area (Å²) in [7, 11) is 0. The van der Waals surface area contributed by atoms with Gasteiger partial charge in [-0.05, 0) is 48.7 Å². The molecule has 0 aliphatic carbocycles. The van der Waals surface area contributed by atoms with Crippen LogP contribution in [0.2, 0.25) is 0 Å². The SMILES string of the molecule is c1cc2cc(CN3CCC3)ccc2[nH]1. The number of benzene rings is 1. The molecule has 1 aliphatic heterocycles. The van der Waals surface area contributed by atoms with Crippen molar-refractivity contribution in [1.29, 1.82) is 0 Å². The Labute approximate surface area is 83.5 Å². The van der Waals surface area contributed by atoms with E-state index in [1.807, 2.05) is 6.20 Å². The van der Waals surface area contributed by atoms with Gasteiger partial charge in [0.05, 0.1) is 0 Å². The standard InChI is InChI=1S/C12H14N2/c1-6-14(7-1)9-10-2-3-12-11(8-10)4-5-13-12/h2-5,8,13H,1,6-7,9H2. The fourth-order valence-corrected chi connectivity index (χ4v) is 2.00. The Morgan fingerprint density at radius 2 is 2.14 bits per heavy atom. The van der Waals surface area contributed by atoms with Crippen molar-refractivity contribution in [2.75, 3.05) is 13.1 Å². The first kappa shape index (κ1) is 8.06. The van der Waals surface area contributed by atoms with E-state index in [1.54, 1.807) is 0 Å². The van der Waals surface area contributed by atoms with Crippen molar-refractivity contribution < 1.29 is 0 Å². The van der Waals surface area contributed by atoms with Gasteiger partial charge in [0.15, 0.2) is 0 Å². The van der Waals surface area contributed by atoms with Crippen LogP contribution in [-0.4, -0.2) is 23.0 Å². The molecule has 0 spiro atoms. The van der Waals surface area contributed by atoms with Crippen LogP contribution in [0.15, 0.2) is 30.5 Å². The number of aromatic nitrogens is 1.